The van der Waals surface area contributed by atoms with Crippen LogP contribution in [0.2, 0.25) is 0 Å². The molecule has 0 spiro atoms. The second kappa shape index (κ2) is 3.97. The molecule has 5 nitrogen and oxygen atoms in total. The van der Waals surface area contributed by atoms with Crippen LogP contribution in [0.15, 0.2) is 0 Å². The fourth-order valence-electron chi connectivity index (χ4n) is 0.993. The highest BCUT2D eigenvalue weighted by Gasteiger charge is 2.36. The van der Waals surface area contributed by atoms with Gasteiger partial charge >= 0.3 is 0 Å². The third kappa shape index (κ3) is 2.46. The van der Waals surface area contributed by atoms with E-state index in [4.69, 9.17) is 5.73 Å². The zero-order chi connectivity index (χ0) is 10.8. The molecule has 1 aliphatic heterocycles. The van der Waals surface area contributed by atoms with E-state index in [9.17, 15) is 18.4 Å². The molecule has 2 N–H and O–H groups in total. The highest BCUT2D eigenvalue weighted by molar-refractivity contribution is 5.98. The lowest BCUT2D eigenvalue weighted by Gasteiger charge is -2.27. The van der Waals surface area contributed by atoms with E-state index in [1.165, 1.54) is 0 Å². The molecule has 0 saturated carbocycles. The van der Waals surface area contributed by atoms with Gasteiger partial charge in [-0.05, 0) is 0 Å². The minimum absolute atomic E-state index is 0.341. The lowest BCUT2D eigenvalue weighted by molar-refractivity contribution is -0.164. The number of carbonyl (C=O) groups is 2. The predicted molar refractivity (Wildman–Crippen MR) is 41.5 cm³/mol. The summed E-state index contributed by atoms with van der Waals surface area (Å²) in [4.78, 5) is 22.5. The van der Waals surface area contributed by atoms with Crippen LogP contribution in [0.4, 0.5) is 8.78 Å². The van der Waals surface area contributed by atoms with Crippen molar-refractivity contribution in [3.63, 3.8) is 0 Å². The highest BCUT2D eigenvalue weighted by atomic mass is 19.3. The SMILES string of the molecule is NCC(F)(F)CN1C(=O)COCC1=O. The minimum atomic E-state index is -3.23. The number of rotatable bonds is 3. The lowest BCUT2D eigenvalue weighted by Crippen LogP contribution is -2.52. The summed E-state index contributed by atoms with van der Waals surface area (Å²) in [6.07, 6.45) is 0. The van der Waals surface area contributed by atoms with Crippen molar-refractivity contribution < 1.29 is 23.1 Å². The summed E-state index contributed by atoms with van der Waals surface area (Å²) in [5.41, 5.74) is 4.78. The van der Waals surface area contributed by atoms with Gasteiger partial charge in [0.25, 0.3) is 17.7 Å². The molecule has 0 atom stereocenters. The summed E-state index contributed by atoms with van der Waals surface area (Å²) in [5, 5.41) is 0. The summed E-state index contributed by atoms with van der Waals surface area (Å²) < 4.78 is 30.1. The van der Waals surface area contributed by atoms with E-state index in [1.807, 2.05) is 0 Å². The summed E-state index contributed by atoms with van der Waals surface area (Å²) in [7, 11) is 0. The molecule has 0 unspecified atom stereocenters. The average molecular weight is 208 g/mol. The van der Waals surface area contributed by atoms with Crippen LogP contribution in [0.5, 0.6) is 0 Å². The third-order valence-corrected chi connectivity index (χ3v) is 1.74. The Kier molecular flexibility index (Phi) is 3.12. The van der Waals surface area contributed by atoms with Crippen molar-refractivity contribution >= 4 is 11.8 Å². The van der Waals surface area contributed by atoms with Crippen molar-refractivity contribution in [3.05, 3.63) is 0 Å². The van der Waals surface area contributed by atoms with Crippen molar-refractivity contribution in [1.29, 1.82) is 0 Å². The molecule has 1 heterocycles. The Balaban J connectivity index is 2.65. The van der Waals surface area contributed by atoms with Crippen LogP contribution in [0.1, 0.15) is 0 Å². The monoisotopic (exact) mass is 208 g/mol. The summed E-state index contributed by atoms with van der Waals surface area (Å²) in [5.74, 6) is -4.74. The van der Waals surface area contributed by atoms with Gasteiger partial charge in [0.05, 0.1) is 13.1 Å². The van der Waals surface area contributed by atoms with Gasteiger partial charge in [0.15, 0.2) is 0 Å². The maximum atomic E-state index is 12.8. The topological polar surface area (TPSA) is 72.6 Å². The quantitative estimate of drug-likeness (QED) is 0.601. The normalized spacial score (nSPS) is 18.9. The molecular formula is C7H10F2N2O3. The molecule has 7 heteroatoms. The summed E-state index contributed by atoms with van der Waals surface area (Å²) >= 11 is 0. The fraction of sp³-hybridized carbons (Fsp3) is 0.714. The summed E-state index contributed by atoms with van der Waals surface area (Å²) in [6.45, 7) is -2.55. The van der Waals surface area contributed by atoms with Crippen LogP contribution in [-0.2, 0) is 14.3 Å². The van der Waals surface area contributed by atoms with Gasteiger partial charge in [-0.1, -0.05) is 0 Å². The van der Waals surface area contributed by atoms with Crippen LogP contribution in [0.3, 0.4) is 0 Å². The number of nitrogens with two attached hydrogens (primary N) is 1. The number of morpholine rings is 1. The Morgan fingerprint density at radius 2 is 1.86 bits per heavy atom. The van der Waals surface area contributed by atoms with E-state index in [1.54, 1.807) is 0 Å². The fourth-order valence-corrected chi connectivity index (χ4v) is 0.993. The van der Waals surface area contributed by atoms with Crippen molar-refractivity contribution in [1.82, 2.24) is 4.90 Å². The third-order valence-electron chi connectivity index (χ3n) is 1.74. The van der Waals surface area contributed by atoms with Crippen molar-refractivity contribution in [3.8, 4) is 0 Å². The molecule has 1 aliphatic rings. The Hall–Kier alpha value is -1.08. The molecule has 0 aliphatic carbocycles. The van der Waals surface area contributed by atoms with Crippen LogP contribution < -0.4 is 5.73 Å². The lowest BCUT2D eigenvalue weighted by atomic mass is 10.3. The Bertz CT molecular complexity index is 241. The molecule has 1 saturated heterocycles. The molecule has 2 amide bonds. The smallest absolute Gasteiger partial charge is 0.277 e. The number of nitrogens with zero attached hydrogens (tertiary/aromatic N) is 1. The van der Waals surface area contributed by atoms with E-state index >= 15 is 0 Å². The molecule has 1 rings (SSSR count). The number of carbonyl (C=O) groups excluding carboxylic acids is 2. The summed E-state index contributed by atoms with van der Waals surface area (Å²) in [6, 6.07) is 0. The van der Waals surface area contributed by atoms with E-state index in [2.05, 4.69) is 4.74 Å². The molecule has 80 valence electrons. The molecule has 0 radical (unpaired) electrons. The zero-order valence-electron chi connectivity index (χ0n) is 7.33. The van der Waals surface area contributed by atoms with E-state index < -0.39 is 30.8 Å². The Morgan fingerprint density at radius 3 is 2.29 bits per heavy atom. The maximum Gasteiger partial charge on any atom is 0.277 e. The van der Waals surface area contributed by atoms with Gasteiger partial charge in [-0.2, -0.15) is 0 Å². The largest absolute Gasteiger partial charge is 0.362 e. The molecule has 1 fully saturated rings. The van der Waals surface area contributed by atoms with Gasteiger partial charge in [-0.15, -0.1) is 0 Å². The van der Waals surface area contributed by atoms with Gasteiger partial charge in [0.2, 0.25) is 0 Å². The molecule has 0 aromatic heterocycles. The highest BCUT2D eigenvalue weighted by Crippen LogP contribution is 2.15. The Labute approximate surface area is 78.8 Å². The number of halogens is 2. The van der Waals surface area contributed by atoms with E-state index in [0.29, 0.717) is 4.90 Å². The van der Waals surface area contributed by atoms with Crippen molar-refractivity contribution in [2.75, 3.05) is 26.3 Å². The predicted octanol–water partition coefficient (Wildman–Crippen LogP) is -1.03. The van der Waals surface area contributed by atoms with Gasteiger partial charge in [-0.25, -0.2) is 8.78 Å². The number of ether oxygens (including phenoxy) is 1. The van der Waals surface area contributed by atoms with Crippen LogP contribution >= 0.6 is 0 Å². The molecule has 0 aromatic rings. The minimum Gasteiger partial charge on any atom is -0.362 e. The number of alkyl halides is 2. The van der Waals surface area contributed by atoms with Gasteiger partial charge < -0.3 is 10.5 Å². The van der Waals surface area contributed by atoms with E-state index in [-0.39, 0.29) is 13.2 Å². The molecule has 0 bridgehead atoms. The van der Waals surface area contributed by atoms with Crippen LogP contribution in [0, 0.1) is 0 Å². The molecule has 14 heavy (non-hydrogen) atoms. The number of amides is 2. The maximum absolute atomic E-state index is 12.8. The standard InChI is InChI=1S/C7H10F2N2O3/c8-7(9,3-10)4-11-5(12)1-14-2-6(11)13/h1-4,10H2. The van der Waals surface area contributed by atoms with Crippen LogP contribution in [-0.4, -0.2) is 48.9 Å². The number of imide groups is 1. The van der Waals surface area contributed by atoms with Gasteiger partial charge in [0.1, 0.15) is 13.2 Å². The molecule has 0 aromatic carbocycles. The first-order valence-corrected chi connectivity index (χ1v) is 3.95. The van der Waals surface area contributed by atoms with Crippen molar-refractivity contribution in [2.45, 2.75) is 5.92 Å². The molecular weight excluding hydrogens is 198 g/mol. The van der Waals surface area contributed by atoms with Gasteiger partial charge in [0, 0.05) is 0 Å². The second-order valence-electron chi connectivity index (χ2n) is 2.93. The number of hydrogen-bond donors (Lipinski definition) is 1. The zero-order valence-corrected chi connectivity index (χ0v) is 7.33. The first kappa shape index (κ1) is 11.0. The first-order chi connectivity index (χ1) is 6.46. The average Bonchev–Trinajstić information content (AvgIpc) is 2.12. The second-order valence-corrected chi connectivity index (χ2v) is 2.93. The number of hydrogen-bond acceptors (Lipinski definition) is 4. The van der Waals surface area contributed by atoms with Crippen molar-refractivity contribution in [2.24, 2.45) is 5.73 Å². The van der Waals surface area contributed by atoms with E-state index in [0.717, 1.165) is 0 Å². The Morgan fingerprint density at radius 1 is 1.36 bits per heavy atom. The first-order valence-electron chi connectivity index (χ1n) is 3.95. The van der Waals surface area contributed by atoms with Gasteiger partial charge in [-0.3, -0.25) is 14.5 Å². The van der Waals surface area contributed by atoms with Crippen LogP contribution in [0.25, 0.3) is 0 Å².